The van der Waals surface area contributed by atoms with Crippen LogP contribution in [-0.2, 0) is 0 Å². The van der Waals surface area contributed by atoms with Gasteiger partial charge in [0.25, 0.3) is 0 Å². The summed E-state index contributed by atoms with van der Waals surface area (Å²) in [5.41, 5.74) is 1.59. The molecule has 0 radical (unpaired) electrons. The minimum Gasteiger partial charge on any atom is -0.370 e. The molecule has 84 valence electrons. The molecule has 0 fully saturated rings. The zero-order valence-electron chi connectivity index (χ0n) is 9.90. The number of hydrogen-bond acceptors (Lipinski definition) is 3. The van der Waals surface area contributed by atoms with Crippen molar-refractivity contribution in [1.82, 2.24) is 0 Å². The van der Waals surface area contributed by atoms with E-state index in [1.807, 2.05) is 43.1 Å². The summed E-state index contributed by atoms with van der Waals surface area (Å²) < 4.78 is 0. The number of hydrogen-bond donors (Lipinski definition) is 0. The molecule has 1 atom stereocenters. The summed E-state index contributed by atoms with van der Waals surface area (Å²) in [5, 5.41) is 8.67. The van der Waals surface area contributed by atoms with E-state index in [2.05, 4.69) is 6.07 Å². The highest BCUT2D eigenvalue weighted by molar-refractivity contribution is 5.99. The van der Waals surface area contributed by atoms with Gasteiger partial charge < -0.3 is 4.90 Å². The number of rotatable bonds is 4. The van der Waals surface area contributed by atoms with Crippen molar-refractivity contribution in [1.29, 1.82) is 5.26 Å². The van der Waals surface area contributed by atoms with Crippen LogP contribution in [0, 0.1) is 11.3 Å². The molecular weight excluding hydrogens is 200 g/mol. The minimum atomic E-state index is 0.0478. The molecule has 0 aliphatic rings. The van der Waals surface area contributed by atoms with E-state index < -0.39 is 0 Å². The number of Topliss-reactive ketones (excluding diaryl/α,β-unsaturated/α-hetero) is 1. The molecule has 16 heavy (non-hydrogen) atoms. The van der Waals surface area contributed by atoms with Crippen molar-refractivity contribution < 1.29 is 4.79 Å². The topological polar surface area (TPSA) is 44.1 Å². The van der Waals surface area contributed by atoms with Gasteiger partial charge in [-0.05, 0) is 26.0 Å². The van der Waals surface area contributed by atoms with E-state index in [1.165, 1.54) is 0 Å². The Morgan fingerprint density at radius 1 is 1.50 bits per heavy atom. The minimum absolute atomic E-state index is 0.0478. The second-order valence-electron chi connectivity index (χ2n) is 3.90. The summed E-state index contributed by atoms with van der Waals surface area (Å²) in [7, 11) is 1.91. The van der Waals surface area contributed by atoms with Crippen molar-refractivity contribution in [2.45, 2.75) is 26.3 Å². The third-order valence-corrected chi connectivity index (χ3v) is 2.71. The van der Waals surface area contributed by atoms with Crippen molar-refractivity contribution in [3.05, 3.63) is 29.8 Å². The van der Waals surface area contributed by atoms with Gasteiger partial charge in [0.15, 0.2) is 5.78 Å². The first-order valence-corrected chi connectivity index (χ1v) is 5.27. The lowest BCUT2D eigenvalue weighted by Gasteiger charge is -2.26. The van der Waals surface area contributed by atoms with Crippen LogP contribution >= 0.6 is 0 Å². The van der Waals surface area contributed by atoms with Crippen LogP contribution in [-0.4, -0.2) is 18.9 Å². The molecule has 0 aromatic heterocycles. The summed E-state index contributed by atoms with van der Waals surface area (Å²) in [4.78, 5) is 13.4. The van der Waals surface area contributed by atoms with Gasteiger partial charge in [-0.1, -0.05) is 12.1 Å². The Morgan fingerprint density at radius 3 is 2.69 bits per heavy atom. The predicted octanol–water partition coefficient (Wildman–Crippen LogP) is 2.63. The van der Waals surface area contributed by atoms with Gasteiger partial charge in [0.05, 0.1) is 12.5 Å². The second kappa shape index (κ2) is 5.32. The molecule has 0 bridgehead atoms. The Labute approximate surface area is 96.3 Å². The number of carbonyl (C=O) groups excluding carboxylic acids is 1. The van der Waals surface area contributed by atoms with Gasteiger partial charge in [-0.25, -0.2) is 0 Å². The fraction of sp³-hybridized carbons (Fsp3) is 0.385. The van der Waals surface area contributed by atoms with Crippen LogP contribution in [0.2, 0.25) is 0 Å². The third-order valence-electron chi connectivity index (χ3n) is 2.71. The van der Waals surface area contributed by atoms with Crippen LogP contribution in [0.25, 0.3) is 0 Å². The molecule has 1 rings (SSSR count). The molecule has 0 aliphatic carbocycles. The molecule has 1 aromatic carbocycles. The smallest absolute Gasteiger partial charge is 0.161 e. The Morgan fingerprint density at radius 2 is 2.12 bits per heavy atom. The molecule has 0 aliphatic heterocycles. The summed E-state index contributed by atoms with van der Waals surface area (Å²) in [5.74, 6) is 0.0478. The molecule has 0 N–H and O–H groups in total. The fourth-order valence-corrected chi connectivity index (χ4v) is 1.59. The average molecular weight is 216 g/mol. The van der Waals surface area contributed by atoms with Gasteiger partial charge in [-0.2, -0.15) is 5.26 Å². The SMILES string of the molecule is CC(=O)c1ccccc1N(C)C(C)CC#N. The Balaban J connectivity index is 3.04. The molecule has 0 saturated carbocycles. The standard InChI is InChI=1S/C13H16N2O/c1-10(8-9-14)15(3)13-7-5-4-6-12(13)11(2)16/h4-7,10H,8H2,1-3H3. The van der Waals surface area contributed by atoms with Gasteiger partial charge in [-0.15, -0.1) is 0 Å². The number of carbonyl (C=O) groups is 1. The van der Waals surface area contributed by atoms with Gasteiger partial charge in [0, 0.05) is 24.3 Å². The molecule has 3 nitrogen and oxygen atoms in total. The molecule has 0 amide bonds. The van der Waals surface area contributed by atoms with Crippen LogP contribution in [0.3, 0.4) is 0 Å². The lowest BCUT2D eigenvalue weighted by molar-refractivity contribution is 0.101. The van der Waals surface area contributed by atoms with E-state index in [0.29, 0.717) is 12.0 Å². The van der Waals surface area contributed by atoms with Crippen molar-refractivity contribution in [2.75, 3.05) is 11.9 Å². The first-order valence-electron chi connectivity index (χ1n) is 5.27. The van der Waals surface area contributed by atoms with Gasteiger partial charge in [0.1, 0.15) is 0 Å². The second-order valence-corrected chi connectivity index (χ2v) is 3.90. The molecular formula is C13H16N2O. The summed E-state index contributed by atoms with van der Waals surface area (Å²) in [6.07, 6.45) is 0.447. The lowest BCUT2D eigenvalue weighted by Crippen LogP contribution is -2.29. The van der Waals surface area contributed by atoms with Gasteiger partial charge in [-0.3, -0.25) is 4.79 Å². The van der Waals surface area contributed by atoms with Crippen LogP contribution in [0.15, 0.2) is 24.3 Å². The normalized spacial score (nSPS) is 11.6. The van der Waals surface area contributed by atoms with Crippen molar-refractivity contribution in [3.8, 4) is 6.07 Å². The number of nitriles is 1. The number of ketones is 1. The molecule has 0 spiro atoms. The maximum atomic E-state index is 11.5. The average Bonchev–Trinajstić information content (AvgIpc) is 2.28. The number of anilines is 1. The lowest BCUT2D eigenvalue weighted by atomic mass is 10.1. The highest BCUT2D eigenvalue weighted by Gasteiger charge is 2.14. The zero-order chi connectivity index (χ0) is 12.1. The first-order chi connectivity index (χ1) is 7.57. The van der Waals surface area contributed by atoms with Gasteiger partial charge >= 0.3 is 0 Å². The third kappa shape index (κ3) is 2.60. The highest BCUT2D eigenvalue weighted by Crippen LogP contribution is 2.22. The summed E-state index contributed by atoms with van der Waals surface area (Å²) in [6, 6.07) is 9.71. The van der Waals surface area contributed by atoms with Crippen LogP contribution < -0.4 is 4.90 Å². The van der Waals surface area contributed by atoms with Crippen LogP contribution in [0.5, 0.6) is 0 Å². The fourth-order valence-electron chi connectivity index (χ4n) is 1.59. The van der Waals surface area contributed by atoms with E-state index >= 15 is 0 Å². The zero-order valence-corrected chi connectivity index (χ0v) is 9.90. The van der Waals surface area contributed by atoms with E-state index in [-0.39, 0.29) is 11.8 Å². The number of para-hydroxylation sites is 1. The monoisotopic (exact) mass is 216 g/mol. The van der Waals surface area contributed by atoms with E-state index in [1.54, 1.807) is 6.92 Å². The Bertz CT molecular complexity index is 420. The van der Waals surface area contributed by atoms with Crippen LogP contribution in [0.1, 0.15) is 30.6 Å². The Hall–Kier alpha value is -1.82. The molecule has 1 aromatic rings. The molecule has 3 heteroatoms. The predicted molar refractivity (Wildman–Crippen MR) is 64.5 cm³/mol. The number of nitrogens with zero attached hydrogens (tertiary/aromatic N) is 2. The first kappa shape index (κ1) is 12.3. The Kier molecular flexibility index (Phi) is 4.07. The van der Waals surface area contributed by atoms with Crippen molar-refractivity contribution in [3.63, 3.8) is 0 Å². The quantitative estimate of drug-likeness (QED) is 0.727. The molecule has 0 heterocycles. The van der Waals surface area contributed by atoms with Crippen LogP contribution in [0.4, 0.5) is 5.69 Å². The number of benzene rings is 1. The highest BCUT2D eigenvalue weighted by atomic mass is 16.1. The molecule has 1 unspecified atom stereocenters. The summed E-state index contributed by atoms with van der Waals surface area (Å²) in [6.45, 7) is 3.53. The van der Waals surface area contributed by atoms with Crippen molar-refractivity contribution >= 4 is 11.5 Å². The van der Waals surface area contributed by atoms with E-state index in [9.17, 15) is 4.79 Å². The maximum Gasteiger partial charge on any atom is 0.161 e. The van der Waals surface area contributed by atoms with E-state index in [0.717, 1.165) is 5.69 Å². The van der Waals surface area contributed by atoms with E-state index in [4.69, 9.17) is 5.26 Å². The summed E-state index contributed by atoms with van der Waals surface area (Å²) >= 11 is 0. The largest absolute Gasteiger partial charge is 0.370 e. The van der Waals surface area contributed by atoms with Gasteiger partial charge in [0.2, 0.25) is 0 Å². The molecule has 0 saturated heterocycles. The maximum absolute atomic E-state index is 11.5. The van der Waals surface area contributed by atoms with Crippen molar-refractivity contribution in [2.24, 2.45) is 0 Å².